The van der Waals surface area contributed by atoms with E-state index in [1.54, 1.807) is 19.1 Å². The average Bonchev–Trinajstić information content (AvgIpc) is 2.80. The van der Waals surface area contributed by atoms with Gasteiger partial charge >= 0.3 is 0 Å². The summed E-state index contributed by atoms with van der Waals surface area (Å²) in [7, 11) is 0. The summed E-state index contributed by atoms with van der Waals surface area (Å²) in [6.07, 6.45) is 1.63. The summed E-state index contributed by atoms with van der Waals surface area (Å²) in [6, 6.07) is 1.72. The van der Waals surface area contributed by atoms with Gasteiger partial charge in [-0.2, -0.15) is 0 Å². The molecule has 1 atom stereocenters. The predicted octanol–water partition coefficient (Wildman–Crippen LogP) is 1.71. The standard InChI is InChI=1S/C16H19F2N3O2/c1-4-12-7-11(6-10(3)19-12)15(23)20-13-8-21(14(22)5-2)9-16(13,17)18/h5-7,13H,2,4,8-9H2,1,3H3,(H,20,23). The number of aryl methyl sites for hydroxylation is 2. The second-order valence-electron chi connectivity index (χ2n) is 5.55. The molecule has 2 rings (SSSR count). The highest BCUT2D eigenvalue weighted by Crippen LogP contribution is 2.28. The fraction of sp³-hybridized carbons (Fsp3) is 0.438. The van der Waals surface area contributed by atoms with Crippen LogP contribution in [0.1, 0.15) is 28.7 Å². The molecule has 1 unspecified atom stereocenters. The van der Waals surface area contributed by atoms with Crippen molar-refractivity contribution in [3.05, 3.63) is 41.7 Å². The maximum absolute atomic E-state index is 14.0. The third-order valence-electron chi connectivity index (χ3n) is 3.74. The van der Waals surface area contributed by atoms with Gasteiger partial charge < -0.3 is 10.2 Å². The van der Waals surface area contributed by atoms with E-state index in [0.29, 0.717) is 17.7 Å². The Kier molecular flexibility index (Phi) is 4.77. The molecule has 23 heavy (non-hydrogen) atoms. The van der Waals surface area contributed by atoms with Gasteiger partial charge in [0.1, 0.15) is 6.04 Å². The zero-order valence-electron chi connectivity index (χ0n) is 13.1. The Bertz CT molecular complexity index is 646. The number of aromatic nitrogens is 1. The highest BCUT2D eigenvalue weighted by Gasteiger charge is 2.49. The largest absolute Gasteiger partial charge is 0.341 e. The predicted molar refractivity (Wildman–Crippen MR) is 81.3 cm³/mol. The Hall–Kier alpha value is -2.31. The molecule has 1 aromatic heterocycles. The third-order valence-corrected chi connectivity index (χ3v) is 3.74. The van der Waals surface area contributed by atoms with E-state index in [1.165, 1.54) is 0 Å². The number of hydrogen-bond donors (Lipinski definition) is 1. The van der Waals surface area contributed by atoms with E-state index in [9.17, 15) is 18.4 Å². The molecular weight excluding hydrogens is 304 g/mol. The van der Waals surface area contributed by atoms with Gasteiger partial charge in [0.05, 0.1) is 6.54 Å². The molecule has 0 radical (unpaired) electrons. The highest BCUT2D eigenvalue weighted by molar-refractivity contribution is 5.95. The lowest BCUT2D eigenvalue weighted by Crippen LogP contribution is -2.46. The number of carbonyl (C=O) groups excluding carboxylic acids is 2. The molecule has 0 aliphatic carbocycles. The van der Waals surface area contributed by atoms with E-state index in [1.807, 2.05) is 6.92 Å². The second-order valence-corrected chi connectivity index (χ2v) is 5.55. The number of hydrogen-bond acceptors (Lipinski definition) is 3. The zero-order valence-corrected chi connectivity index (χ0v) is 13.1. The Labute approximate surface area is 133 Å². The number of amides is 2. The lowest BCUT2D eigenvalue weighted by atomic mass is 10.1. The average molecular weight is 323 g/mol. The van der Waals surface area contributed by atoms with E-state index in [0.717, 1.165) is 16.7 Å². The molecule has 0 spiro atoms. The third kappa shape index (κ3) is 3.72. The molecule has 2 amide bonds. The molecule has 1 aliphatic rings. The number of nitrogens with one attached hydrogen (secondary N) is 1. The summed E-state index contributed by atoms with van der Waals surface area (Å²) < 4.78 is 28.0. The van der Waals surface area contributed by atoms with E-state index >= 15 is 0 Å². The fourth-order valence-electron chi connectivity index (χ4n) is 2.52. The summed E-state index contributed by atoms with van der Waals surface area (Å²) in [5, 5.41) is 2.33. The van der Waals surface area contributed by atoms with Gasteiger partial charge in [0.2, 0.25) is 5.91 Å². The molecule has 124 valence electrons. The summed E-state index contributed by atoms with van der Waals surface area (Å²) >= 11 is 0. The Morgan fingerprint density at radius 3 is 2.83 bits per heavy atom. The first kappa shape index (κ1) is 17.1. The van der Waals surface area contributed by atoms with Crippen LogP contribution in [-0.2, 0) is 11.2 Å². The topological polar surface area (TPSA) is 62.3 Å². The first-order chi connectivity index (χ1) is 10.8. The van der Waals surface area contributed by atoms with Gasteiger partial charge in [-0.05, 0) is 31.6 Å². The van der Waals surface area contributed by atoms with Crippen LogP contribution >= 0.6 is 0 Å². The minimum atomic E-state index is -3.18. The number of nitrogens with zero attached hydrogens (tertiary/aromatic N) is 2. The first-order valence-corrected chi connectivity index (χ1v) is 7.34. The molecule has 1 aromatic rings. The van der Waals surface area contributed by atoms with Crippen molar-refractivity contribution in [2.24, 2.45) is 0 Å². The number of alkyl halides is 2. The molecule has 0 bridgehead atoms. The van der Waals surface area contributed by atoms with Crippen LogP contribution in [0.15, 0.2) is 24.8 Å². The molecular formula is C16H19F2N3O2. The number of likely N-dealkylation sites (tertiary alicyclic amines) is 1. The van der Waals surface area contributed by atoms with Gasteiger partial charge in [-0.3, -0.25) is 14.6 Å². The van der Waals surface area contributed by atoms with E-state index in [2.05, 4.69) is 16.9 Å². The minimum absolute atomic E-state index is 0.242. The van der Waals surface area contributed by atoms with E-state index < -0.39 is 30.3 Å². The summed E-state index contributed by atoms with van der Waals surface area (Å²) in [6.45, 7) is 5.96. The zero-order chi connectivity index (χ0) is 17.2. The van der Waals surface area contributed by atoms with Gasteiger partial charge in [-0.25, -0.2) is 8.78 Å². The number of halogens is 2. The van der Waals surface area contributed by atoms with Crippen LogP contribution in [0.5, 0.6) is 0 Å². The summed E-state index contributed by atoms with van der Waals surface area (Å²) in [4.78, 5) is 29.0. The van der Waals surface area contributed by atoms with Crippen molar-refractivity contribution in [1.82, 2.24) is 15.2 Å². The van der Waals surface area contributed by atoms with Crippen LogP contribution in [0.3, 0.4) is 0 Å². The monoisotopic (exact) mass is 323 g/mol. The van der Waals surface area contributed by atoms with Crippen LogP contribution in [-0.4, -0.2) is 46.8 Å². The van der Waals surface area contributed by atoms with Crippen LogP contribution in [0.2, 0.25) is 0 Å². The first-order valence-electron chi connectivity index (χ1n) is 7.34. The van der Waals surface area contributed by atoms with Gasteiger partial charge in [-0.1, -0.05) is 13.5 Å². The molecule has 2 heterocycles. The molecule has 7 heteroatoms. The van der Waals surface area contributed by atoms with Crippen LogP contribution in [0.4, 0.5) is 8.78 Å². The van der Waals surface area contributed by atoms with Crippen molar-refractivity contribution in [3.63, 3.8) is 0 Å². The summed E-state index contributed by atoms with van der Waals surface area (Å²) in [5.41, 5.74) is 1.66. The Balaban J connectivity index is 2.15. The normalized spacial score (nSPS) is 19.5. The van der Waals surface area contributed by atoms with E-state index in [-0.39, 0.29) is 6.54 Å². The molecule has 1 N–H and O–H groups in total. The van der Waals surface area contributed by atoms with E-state index in [4.69, 9.17) is 0 Å². The van der Waals surface area contributed by atoms with Crippen LogP contribution in [0.25, 0.3) is 0 Å². The van der Waals surface area contributed by atoms with Gasteiger partial charge in [-0.15, -0.1) is 0 Å². The van der Waals surface area contributed by atoms with Gasteiger partial charge in [0.25, 0.3) is 11.8 Å². The lowest BCUT2D eigenvalue weighted by Gasteiger charge is -2.19. The van der Waals surface area contributed by atoms with Crippen LogP contribution < -0.4 is 5.32 Å². The smallest absolute Gasteiger partial charge is 0.286 e. The highest BCUT2D eigenvalue weighted by atomic mass is 19.3. The number of rotatable bonds is 4. The molecule has 0 saturated carbocycles. The second kappa shape index (κ2) is 6.44. The SMILES string of the molecule is C=CC(=O)N1CC(NC(=O)c2cc(C)nc(CC)c2)C(F)(F)C1. The van der Waals surface area contributed by atoms with Crippen molar-refractivity contribution in [2.75, 3.05) is 13.1 Å². The summed E-state index contributed by atoms with van der Waals surface area (Å²) in [5.74, 6) is -4.35. The maximum Gasteiger partial charge on any atom is 0.286 e. The Morgan fingerprint density at radius 2 is 2.22 bits per heavy atom. The van der Waals surface area contributed by atoms with Gasteiger partial charge in [0, 0.05) is 23.5 Å². The maximum atomic E-state index is 14.0. The molecule has 5 nitrogen and oxygen atoms in total. The molecule has 1 aliphatic heterocycles. The Morgan fingerprint density at radius 1 is 1.52 bits per heavy atom. The van der Waals surface area contributed by atoms with Crippen LogP contribution in [0, 0.1) is 6.92 Å². The van der Waals surface area contributed by atoms with Crippen molar-refractivity contribution in [2.45, 2.75) is 32.2 Å². The number of pyridine rings is 1. The van der Waals surface area contributed by atoms with Gasteiger partial charge in [0.15, 0.2) is 0 Å². The minimum Gasteiger partial charge on any atom is -0.341 e. The van der Waals surface area contributed by atoms with Crippen molar-refractivity contribution in [3.8, 4) is 0 Å². The van der Waals surface area contributed by atoms with Crippen molar-refractivity contribution in [1.29, 1.82) is 0 Å². The fourth-order valence-corrected chi connectivity index (χ4v) is 2.52. The lowest BCUT2D eigenvalue weighted by molar-refractivity contribution is -0.126. The molecule has 1 saturated heterocycles. The molecule has 0 aromatic carbocycles. The molecule has 1 fully saturated rings. The quantitative estimate of drug-likeness (QED) is 0.858. The van der Waals surface area contributed by atoms with Crippen molar-refractivity contribution < 1.29 is 18.4 Å². The van der Waals surface area contributed by atoms with Crippen molar-refractivity contribution >= 4 is 11.8 Å². The number of carbonyl (C=O) groups is 2.